The van der Waals surface area contributed by atoms with Gasteiger partial charge < -0.3 is 15.2 Å². The summed E-state index contributed by atoms with van der Waals surface area (Å²) in [6.45, 7) is 4.68. The molecule has 152 valence electrons. The highest BCUT2D eigenvalue weighted by molar-refractivity contribution is 7.09. The number of aromatic nitrogens is 1. The molecule has 2 aromatic heterocycles. The van der Waals surface area contributed by atoms with E-state index in [9.17, 15) is 9.59 Å². The number of urea groups is 1. The number of carbonyl (C=O) groups is 1. The van der Waals surface area contributed by atoms with Crippen LogP contribution in [0.5, 0.6) is 0 Å². The van der Waals surface area contributed by atoms with Gasteiger partial charge in [0.1, 0.15) is 0 Å². The van der Waals surface area contributed by atoms with Gasteiger partial charge in [0.05, 0.1) is 18.6 Å². The first-order chi connectivity index (χ1) is 14.5. The molecule has 5 nitrogen and oxygen atoms in total. The zero-order chi connectivity index (χ0) is 21.1. The summed E-state index contributed by atoms with van der Waals surface area (Å²) < 4.78 is 0. The summed E-state index contributed by atoms with van der Waals surface area (Å²) in [5, 5.41) is 5.88. The van der Waals surface area contributed by atoms with Crippen LogP contribution in [-0.4, -0.2) is 15.9 Å². The van der Waals surface area contributed by atoms with E-state index < -0.39 is 0 Å². The molecule has 0 spiro atoms. The number of anilines is 1. The summed E-state index contributed by atoms with van der Waals surface area (Å²) in [5.41, 5.74) is 4.16. The molecule has 4 aromatic rings. The molecule has 0 aliphatic rings. The van der Waals surface area contributed by atoms with E-state index in [4.69, 9.17) is 0 Å². The lowest BCUT2D eigenvalue weighted by Gasteiger charge is -2.23. The van der Waals surface area contributed by atoms with Crippen molar-refractivity contribution in [1.29, 1.82) is 0 Å². The second kappa shape index (κ2) is 8.55. The lowest BCUT2D eigenvalue weighted by Crippen LogP contribution is -2.35. The normalized spacial score (nSPS) is 10.9. The molecule has 2 aromatic carbocycles. The zero-order valence-corrected chi connectivity index (χ0v) is 17.8. The Morgan fingerprint density at radius 1 is 1.03 bits per heavy atom. The zero-order valence-electron chi connectivity index (χ0n) is 16.9. The van der Waals surface area contributed by atoms with Crippen molar-refractivity contribution in [2.45, 2.75) is 26.9 Å². The van der Waals surface area contributed by atoms with Crippen molar-refractivity contribution in [3.05, 3.63) is 98.0 Å². The Labute approximate surface area is 179 Å². The predicted octanol–water partition coefficient (Wildman–Crippen LogP) is 5.44. The van der Waals surface area contributed by atoms with Crippen LogP contribution in [0.15, 0.2) is 70.8 Å². The van der Waals surface area contributed by atoms with E-state index in [-0.39, 0.29) is 18.1 Å². The van der Waals surface area contributed by atoms with Gasteiger partial charge in [0.2, 0.25) is 0 Å². The van der Waals surface area contributed by atoms with E-state index in [2.05, 4.69) is 10.3 Å². The van der Waals surface area contributed by atoms with Crippen LogP contribution in [0, 0.1) is 13.8 Å². The van der Waals surface area contributed by atoms with E-state index in [1.807, 2.05) is 79.9 Å². The van der Waals surface area contributed by atoms with Gasteiger partial charge in [-0.05, 0) is 60.0 Å². The number of hydrogen-bond donors (Lipinski definition) is 2. The molecule has 4 rings (SSSR count). The average Bonchev–Trinajstić information content (AvgIpc) is 3.25. The summed E-state index contributed by atoms with van der Waals surface area (Å²) in [7, 11) is 0. The maximum Gasteiger partial charge on any atom is 0.322 e. The van der Waals surface area contributed by atoms with Crippen molar-refractivity contribution < 1.29 is 4.79 Å². The molecule has 0 bridgehead atoms. The first kappa shape index (κ1) is 19.9. The fourth-order valence-corrected chi connectivity index (χ4v) is 4.13. The molecule has 2 heterocycles. The van der Waals surface area contributed by atoms with Crippen LogP contribution >= 0.6 is 11.3 Å². The molecular weight excluding hydrogens is 394 g/mol. The number of para-hydroxylation sites is 1. The minimum Gasteiger partial charge on any atom is -0.321 e. The number of H-pyrrole nitrogens is 1. The second-order valence-corrected chi connectivity index (χ2v) is 8.36. The number of nitrogens with one attached hydrogen (secondary N) is 2. The fourth-order valence-electron chi connectivity index (χ4n) is 3.41. The number of nitrogens with zero attached hydrogens (tertiary/aromatic N) is 1. The van der Waals surface area contributed by atoms with Crippen molar-refractivity contribution in [3.8, 4) is 0 Å². The highest BCUT2D eigenvalue weighted by Gasteiger charge is 2.18. The Balaban J connectivity index is 1.65. The Kier molecular flexibility index (Phi) is 5.68. The van der Waals surface area contributed by atoms with Gasteiger partial charge in [0, 0.05) is 16.1 Å². The molecule has 2 amide bonds. The monoisotopic (exact) mass is 417 g/mol. The third kappa shape index (κ3) is 4.28. The second-order valence-electron chi connectivity index (χ2n) is 7.33. The molecule has 6 heteroatoms. The number of aromatic amines is 1. The summed E-state index contributed by atoms with van der Waals surface area (Å²) in [6.07, 6.45) is 0. The van der Waals surface area contributed by atoms with Gasteiger partial charge in [-0.3, -0.25) is 4.79 Å². The number of benzene rings is 2. The minimum absolute atomic E-state index is 0.167. The lowest BCUT2D eigenvalue weighted by molar-refractivity contribution is 0.207. The largest absolute Gasteiger partial charge is 0.322 e. The standard InChI is InChI=1S/C24H23N3O2S/c1-16-10-11-18-13-19(23(28)26-22(18)17(16)2)14-27(15-21-9-6-12-30-21)24(29)25-20-7-4-3-5-8-20/h3-13H,14-15H2,1-2H3,(H,25,29)(H,26,28). The molecule has 0 aliphatic carbocycles. The van der Waals surface area contributed by atoms with Gasteiger partial charge in [-0.1, -0.05) is 36.4 Å². The van der Waals surface area contributed by atoms with Crippen LogP contribution in [0.2, 0.25) is 0 Å². The maximum absolute atomic E-state index is 13.0. The van der Waals surface area contributed by atoms with E-state index in [1.165, 1.54) is 0 Å². The number of hydrogen-bond acceptors (Lipinski definition) is 3. The molecule has 0 fully saturated rings. The maximum atomic E-state index is 13.0. The predicted molar refractivity (Wildman–Crippen MR) is 123 cm³/mol. The van der Waals surface area contributed by atoms with Crippen LogP contribution in [0.3, 0.4) is 0 Å². The molecule has 2 N–H and O–H groups in total. The van der Waals surface area contributed by atoms with Gasteiger partial charge in [0.25, 0.3) is 5.56 Å². The Morgan fingerprint density at radius 2 is 1.83 bits per heavy atom. The van der Waals surface area contributed by atoms with Gasteiger partial charge in [0.15, 0.2) is 0 Å². The Bertz CT molecular complexity index is 1230. The Hall–Kier alpha value is -3.38. The molecule has 30 heavy (non-hydrogen) atoms. The van der Waals surface area contributed by atoms with Crippen molar-refractivity contribution in [2.75, 3.05) is 5.32 Å². The minimum atomic E-state index is -0.241. The number of amides is 2. The number of fused-ring (bicyclic) bond motifs is 1. The highest BCUT2D eigenvalue weighted by atomic mass is 32.1. The quantitative estimate of drug-likeness (QED) is 0.454. The molecule has 0 aliphatic heterocycles. The van der Waals surface area contributed by atoms with E-state index in [0.29, 0.717) is 12.1 Å². The van der Waals surface area contributed by atoms with Gasteiger partial charge in [-0.15, -0.1) is 11.3 Å². The summed E-state index contributed by atoms with van der Waals surface area (Å²) in [6, 6.07) is 19.0. The molecule has 0 saturated heterocycles. The van der Waals surface area contributed by atoms with Crippen LogP contribution < -0.4 is 10.9 Å². The van der Waals surface area contributed by atoms with Crippen molar-refractivity contribution in [2.24, 2.45) is 0 Å². The molecule has 0 radical (unpaired) electrons. The number of carbonyl (C=O) groups excluding carboxylic acids is 1. The van der Waals surface area contributed by atoms with E-state index >= 15 is 0 Å². The number of pyridine rings is 1. The van der Waals surface area contributed by atoms with Crippen LogP contribution in [-0.2, 0) is 13.1 Å². The van der Waals surface area contributed by atoms with Gasteiger partial charge >= 0.3 is 6.03 Å². The molecular formula is C24H23N3O2S. The van der Waals surface area contributed by atoms with Gasteiger partial charge in [-0.25, -0.2) is 4.79 Å². The van der Waals surface area contributed by atoms with Crippen LogP contribution in [0.4, 0.5) is 10.5 Å². The molecule has 0 unspecified atom stereocenters. The Morgan fingerprint density at radius 3 is 2.57 bits per heavy atom. The summed E-state index contributed by atoms with van der Waals surface area (Å²) in [5.74, 6) is 0. The third-order valence-corrected chi connectivity index (χ3v) is 6.09. The topological polar surface area (TPSA) is 65.2 Å². The smallest absolute Gasteiger partial charge is 0.321 e. The third-order valence-electron chi connectivity index (χ3n) is 5.23. The highest BCUT2D eigenvalue weighted by Crippen LogP contribution is 2.21. The lowest BCUT2D eigenvalue weighted by atomic mass is 10.0. The van der Waals surface area contributed by atoms with Gasteiger partial charge in [-0.2, -0.15) is 0 Å². The fraction of sp³-hybridized carbons (Fsp3) is 0.167. The SMILES string of the molecule is Cc1ccc2cc(CN(Cc3cccs3)C(=O)Nc3ccccc3)c(=O)[nH]c2c1C. The summed E-state index contributed by atoms with van der Waals surface area (Å²) in [4.78, 5) is 31.6. The number of thiophene rings is 1. The van der Waals surface area contributed by atoms with Crippen LogP contribution in [0.1, 0.15) is 21.6 Å². The summed E-state index contributed by atoms with van der Waals surface area (Å²) >= 11 is 1.59. The molecule has 0 atom stereocenters. The molecule has 0 saturated carbocycles. The van der Waals surface area contributed by atoms with Crippen LogP contribution in [0.25, 0.3) is 10.9 Å². The van der Waals surface area contributed by atoms with E-state index in [1.54, 1.807) is 16.2 Å². The van der Waals surface area contributed by atoms with Crippen molar-refractivity contribution >= 4 is 34.0 Å². The first-order valence-corrected chi connectivity index (χ1v) is 10.6. The van der Waals surface area contributed by atoms with Crippen molar-refractivity contribution in [1.82, 2.24) is 9.88 Å². The first-order valence-electron chi connectivity index (χ1n) is 9.77. The number of aryl methyl sites for hydroxylation is 2. The number of rotatable bonds is 5. The van der Waals surface area contributed by atoms with Crippen molar-refractivity contribution in [3.63, 3.8) is 0 Å². The van der Waals surface area contributed by atoms with E-state index in [0.717, 1.165) is 32.6 Å². The average molecular weight is 418 g/mol.